The lowest BCUT2D eigenvalue weighted by atomic mass is 10.0. The van der Waals surface area contributed by atoms with E-state index in [9.17, 15) is 0 Å². The second-order valence-electron chi connectivity index (χ2n) is 4.21. The summed E-state index contributed by atoms with van der Waals surface area (Å²) in [7, 11) is 2.11. The Labute approximate surface area is 97.4 Å². The summed E-state index contributed by atoms with van der Waals surface area (Å²) in [6.07, 6.45) is 8.33. The number of benzene rings is 1. The summed E-state index contributed by atoms with van der Waals surface area (Å²) in [6, 6.07) is 6.51. The SMILES string of the molecule is C=C1/C=C\C=C/CN(C)c2ccc(C)cc21. The van der Waals surface area contributed by atoms with Crippen LogP contribution in [-0.4, -0.2) is 13.6 Å². The molecular weight excluding hydrogens is 194 g/mol. The first-order valence-corrected chi connectivity index (χ1v) is 5.53. The molecule has 0 amide bonds. The molecule has 1 aliphatic heterocycles. The third kappa shape index (κ3) is 2.08. The van der Waals surface area contributed by atoms with Gasteiger partial charge in [0.1, 0.15) is 0 Å². The summed E-state index contributed by atoms with van der Waals surface area (Å²) in [5.41, 5.74) is 4.81. The van der Waals surface area contributed by atoms with E-state index in [0.717, 1.165) is 12.1 Å². The monoisotopic (exact) mass is 211 g/mol. The van der Waals surface area contributed by atoms with Crippen LogP contribution in [0.5, 0.6) is 0 Å². The van der Waals surface area contributed by atoms with Crippen LogP contribution in [0.3, 0.4) is 0 Å². The Hall–Kier alpha value is -1.76. The van der Waals surface area contributed by atoms with Crippen LogP contribution in [0.1, 0.15) is 11.1 Å². The van der Waals surface area contributed by atoms with Crippen LogP contribution >= 0.6 is 0 Å². The standard InChI is InChI=1S/C15H17N/c1-12-8-9-15-14(11-12)13(2)7-5-4-6-10-16(15)3/h4-9,11H,2,10H2,1,3H3/b6-4-,7-5-. The molecule has 1 heteroatoms. The van der Waals surface area contributed by atoms with Gasteiger partial charge in [-0.15, -0.1) is 0 Å². The van der Waals surface area contributed by atoms with Gasteiger partial charge in [-0.3, -0.25) is 0 Å². The Morgan fingerprint density at radius 2 is 2.06 bits per heavy atom. The highest BCUT2D eigenvalue weighted by Crippen LogP contribution is 2.28. The topological polar surface area (TPSA) is 3.24 Å². The Kier molecular flexibility index (Phi) is 2.95. The zero-order chi connectivity index (χ0) is 11.5. The van der Waals surface area contributed by atoms with Crippen LogP contribution in [0.25, 0.3) is 5.57 Å². The normalized spacial score (nSPS) is 19.4. The first-order chi connectivity index (χ1) is 7.68. The summed E-state index contributed by atoms with van der Waals surface area (Å²) < 4.78 is 0. The average molecular weight is 211 g/mol. The molecular formula is C15H17N. The molecule has 0 bridgehead atoms. The molecule has 2 rings (SSSR count). The van der Waals surface area contributed by atoms with Crippen molar-refractivity contribution in [1.29, 1.82) is 0 Å². The Balaban J connectivity index is 2.56. The molecule has 1 aromatic carbocycles. The average Bonchev–Trinajstić information content (AvgIpc) is 2.32. The van der Waals surface area contributed by atoms with E-state index >= 15 is 0 Å². The van der Waals surface area contributed by atoms with Gasteiger partial charge in [0.25, 0.3) is 0 Å². The quantitative estimate of drug-likeness (QED) is 0.634. The number of aryl methyl sites for hydroxylation is 1. The van der Waals surface area contributed by atoms with E-state index < -0.39 is 0 Å². The van der Waals surface area contributed by atoms with Crippen LogP contribution in [0, 0.1) is 6.92 Å². The smallest absolute Gasteiger partial charge is 0.0446 e. The molecule has 0 saturated carbocycles. The first-order valence-electron chi connectivity index (χ1n) is 5.53. The molecule has 1 aromatic rings. The van der Waals surface area contributed by atoms with Gasteiger partial charge >= 0.3 is 0 Å². The highest BCUT2D eigenvalue weighted by atomic mass is 15.1. The predicted molar refractivity (Wildman–Crippen MR) is 71.8 cm³/mol. The molecule has 1 aliphatic rings. The van der Waals surface area contributed by atoms with Gasteiger partial charge in [0.05, 0.1) is 0 Å². The molecule has 16 heavy (non-hydrogen) atoms. The van der Waals surface area contributed by atoms with Crippen LogP contribution in [0.15, 0.2) is 49.1 Å². The van der Waals surface area contributed by atoms with E-state index in [1.807, 2.05) is 6.08 Å². The summed E-state index contributed by atoms with van der Waals surface area (Å²) >= 11 is 0. The zero-order valence-corrected chi connectivity index (χ0v) is 9.90. The number of anilines is 1. The van der Waals surface area contributed by atoms with Gasteiger partial charge in [-0.25, -0.2) is 0 Å². The van der Waals surface area contributed by atoms with E-state index in [-0.39, 0.29) is 0 Å². The van der Waals surface area contributed by atoms with Crippen molar-refractivity contribution in [2.75, 3.05) is 18.5 Å². The molecule has 0 aliphatic carbocycles. The van der Waals surface area contributed by atoms with Crippen molar-refractivity contribution in [3.8, 4) is 0 Å². The van der Waals surface area contributed by atoms with Crippen molar-refractivity contribution in [3.05, 3.63) is 60.2 Å². The minimum absolute atomic E-state index is 0.924. The summed E-state index contributed by atoms with van der Waals surface area (Å²) in [5.74, 6) is 0. The lowest BCUT2D eigenvalue weighted by molar-refractivity contribution is 1.03. The number of hydrogen-bond acceptors (Lipinski definition) is 1. The zero-order valence-electron chi connectivity index (χ0n) is 9.90. The van der Waals surface area contributed by atoms with Gasteiger partial charge in [-0.2, -0.15) is 0 Å². The predicted octanol–water partition coefficient (Wildman–Crippen LogP) is 3.57. The van der Waals surface area contributed by atoms with E-state index in [2.05, 4.69) is 61.9 Å². The maximum Gasteiger partial charge on any atom is 0.0446 e. The summed E-state index contributed by atoms with van der Waals surface area (Å²) in [6.45, 7) is 7.16. The fourth-order valence-corrected chi connectivity index (χ4v) is 1.90. The first kappa shape index (κ1) is 10.7. The van der Waals surface area contributed by atoms with Crippen LogP contribution in [-0.2, 0) is 0 Å². The minimum Gasteiger partial charge on any atom is -0.370 e. The molecule has 0 atom stereocenters. The van der Waals surface area contributed by atoms with E-state index in [4.69, 9.17) is 0 Å². The van der Waals surface area contributed by atoms with E-state index in [1.54, 1.807) is 0 Å². The molecule has 82 valence electrons. The fraction of sp³-hybridized carbons (Fsp3) is 0.200. The number of nitrogens with zero attached hydrogens (tertiary/aromatic N) is 1. The highest BCUT2D eigenvalue weighted by molar-refractivity contribution is 5.82. The van der Waals surface area contributed by atoms with Crippen molar-refractivity contribution >= 4 is 11.3 Å². The maximum absolute atomic E-state index is 4.13. The highest BCUT2D eigenvalue weighted by Gasteiger charge is 2.08. The molecule has 0 aromatic heterocycles. The second kappa shape index (κ2) is 4.40. The minimum atomic E-state index is 0.924. The van der Waals surface area contributed by atoms with E-state index in [1.165, 1.54) is 16.8 Å². The molecule has 0 unspecified atom stereocenters. The lowest BCUT2D eigenvalue weighted by Gasteiger charge is -2.21. The Morgan fingerprint density at radius 3 is 2.88 bits per heavy atom. The van der Waals surface area contributed by atoms with Crippen LogP contribution in [0.2, 0.25) is 0 Å². The Bertz CT molecular complexity index is 466. The molecule has 0 saturated heterocycles. The van der Waals surface area contributed by atoms with Crippen molar-refractivity contribution in [1.82, 2.24) is 0 Å². The van der Waals surface area contributed by atoms with Crippen molar-refractivity contribution < 1.29 is 0 Å². The van der Waals surface area contributed by atoms with Gasteiger partial charge in [0, 0.05) is 24.8 Å². The molecule has 0 fully saturated rings. The van der Waals surface area contributed by atoms with E-state index in [0.29, 0.717) is 0 Å². The van der Waals surface area contributed by atoms with Gasteiger partial charge < -0.3 is 4.90 Å². The maximum atomic E-state index is 4.13. The summed E-state index contributed by atoms with van der Waals surface area (Å²) in [4.78, 5) is 2.24. The molecule has 1 heterocycles. The van der Waals surface area contributed by atoms with Crippen LogP contribution in [0.4, 0.5) is 5.69 Å². The fourth-order valence-electron chi connectivity index (χ4n) is 1.90. The van der Waals surface area contributed by atoms with Gasteiger partial charge in [0.2, 0.25) is 0 Å². The third-order valence-corrected chi connectivity index (χ3v) is 2.83. The van der Waals surface area contributed by atoms with Gasteiger partial charge in [-0.1, -0.05) is 42.5 Å². The largest absolute Gasteiger partial charge is 0.370 e. The number of rotatable bonds is 0. The number of hydrogen-bond donors (Lipinski definition) is 0. The molecule has 1 nitrogen and oxygen atoms in total. The Morgan fingerprint density at radius 1 is 1.25 bits per heavy atom. The van der Waals surface area contributed by atoms with Gasteiger partial charge in [-0.05, 0) is 24.6 Å². The van der Waals surface area contributed by atoms with Gasteiger partial charge in [0.15, 0.2) is 0 Å². The second-order valence-corrected chi connectivity index (χ2v) is 4.21. The molecule has 0 radical (unpaired) electrons. The molecule has 0 spiro atoms. The summed E-state index contributed by atoms with van der Waals surface area (Å²) in [5, 5.41) is 0. The van der Waals surface area contributed by atoms with Crippen LogP contribution < -0.4 is 4.90 Å². The third-order valence-electron chi connectivity index (χ3n) is 2.83. The van der Waals surface area contributed by atoms with Crippen molar-refractivity contribution in [2.45, 2.75) is 6.92 Å². The lowest BCUT2D eigenvalue weighted by Crippen LogP contribution is -2.18. The number of fused-ring (bicyclic) bond motifs is 1. The number of allylic oxidation sites excluding steroid dienone is 4. The molecule has 0 N–H and O–H groups in total. The number of likely N-dealkylation sites (N-methyl/N-ethyl adjacent to an activating group) is 1. The van der Waals surface area contributed by atoms with Crippen molar-refractivity contribution in [2.24, 2.45) is 0 Å². The van der Waals surface area contributed by atoms with Crippen molar-refractivity contribution in [3.63, 3.8) is 0 Å².